The highest BCUT2D eigenvalue weighted by Gasteiger charge is 2.08. The van der Waals surface area contributed by atoms with Gasteiger partial charge < -0.3 is 10.5 Å². The molecule has 1 unspecified atom stereocenters. The molecule has 1 atom stereocenters. The number of carbonyl (C=O) groups excluding carboxylic acids is 1. The summed E-state index contributed by atoms with van der Waals surface area (Å²) in [5.41, 5.74) is 5.15. The average Bonchev–Trinajstić information content (AvgIpc) is 1.84. The first-order chi connectivity index (χ1) is 3.72. The lowest BCUT2D eigenvalue weighted by Crippen LogP contribution is -2.19. The summed E-state index contributed by atoms with van der Waals surface area (Å²) >= 11 is 0. The molecule has 0 aliphatic heterocycles. The number of ether oxygens (including phenoxy) is 1. The van der Waals surface area contributed by atoms with Crippen molar-refractivity contribution in [2.75, 3.05) is 13.7 Å². The van der Waals surface area contributed by atoms with Crippen molar-refractivity contribution in [3.8, 4) is 0 Å². The maximum atomic E-state index is 10.4. The van der Waals surface area contributed by atoms with Gasteiger partial charge in [-0.05, 0) is 6.54 Å². The lowest BCUT2D eigenvalue weighted by Gasteiger charge is -2.02. The van der Waals surface area contributed by atoms with Crippen LogP contribution in [-0.2, 0) is 9.53 Å². The van der Waals surface area contributed by atoms with Crippen LogP contribution < -0.4 is 5.73 Å². The quantitative estimate of drug-likeness (QED) is 0.353. The molecule has 0 spiro atoms. The molecular formula is C4H10BNO2. The van der Waals surface area contributed by atoms with Gasteiger partial charge in [0.25, 0.3) is 0 Å². The fourth-order valence-electron chi connectivity index (χ4n) is 0.297. The van der Waals surface area contributed by atoms with E-state index in [4.69, 9.17) is 5.73 Å². The molecule has 0 saturated heterocycles. The Morgan fingerprint density at radius 2 is 2.50 bits per heavy atom. The molecule has 0 amide bonds. The Morgan fingerprint density at radius 3 is 2.62 bits per heavy atom. The maximum Gasteiger partial charge on any atom is 0.301 e. The highest BCUT2D eigenvalue weighted by atomic mass is 16.5. The van der Waals surface area contributed by atoms with E-state index in [1.807, 2.05) is 0 Å². The third-order valence-corrected chi connectivity index (χ3v) is 0.957. The molecule has 0 rings (SSSR count). The molecule has 0 aromatic heterocycles. The van der Waals surface area contributed by atoms with Crippen LogP contribution in [0.1, 0.15) is 0 Å². The van der Waals surface area contributed by atoms with Crippen LogP contribution in [0.15, 0.2) is 0 Å². The fourth-order valence-corrected chi connectivity index (χ4v) is 0.297. The molecule has 8 heavy (non-hydrogen) atoms. The Labute approximate surface area is 49.6 Å². The van der Waals surface area contributed by atoms with Crippen molar-refractivity contribution in [1.29, 1.82) is 0 Å². The summed E-state index contributed by atoms with van der Waals surface area (Å²) in [5, 5.41) is 0. The number of carbonyl (C=O) groups is 1. The first kappa shape index (κ1) is 7.49. The third-order valence-electron chi connectivity index (χ3n) is 0.957. The number of hydrogen-bond acceptors (Lipinski definition) is 3. The second kappa shape index (κ2) is 3.49. The molecule has 4 heteroatoms. The van der Waals surface area contributed by atoms with E-state index < -0.39 is 0 Å². The SMILES string of the molecule is BC(CN)C(=O)OC. The standard InChI is InChI=1S/C4H10BNO2/c1-8-4(7)3(5)2-6/h3H,2,5-6H2,1H3. The fraction of sp³-hybridized carbons (Fsp3) is 0.750. The molecule has 0 aliphatic rings. The Morgan fingerprint density at radius 1 is 2.00 bits per heavy atom. The van der Waals surface area contributed by atoms with Crippen LogP contribution in [-0.4, -0.2) is 27.5 Å². The van der Waals surface area contributed by atoms with E-state index in [0.29, 0.717) is 6.54 Å². The van der Waals surface area contributed by atoms with Crippen molar-refractivity contribution in [3.63, 3.8) is 0 Å². The maximum absolute atomic E-state index is 10.4. The second-order valence-corrected chi connectivity index (χ2v) is 1.66. The van der Waals surface area contributed by atoms with Gasteiger partial charge in [0.05, 0.1) is 7.11 Å². The zero-order chi connectivity index (χ0) is 6.57. The minimum absolute atomic E-state index is 0.167. The zero-order valence-electron chi connectivity index (χ0n) is 5.18. The minimum Gasteiger partial charge on any atom is -0.469 e. The van der Waals surface area contributed by atoms with Crippen molar-refractivity contribution in [2.24, 2.45) is 5.73 Å². The van der Waals surface area contributed by atoms with Crippen LogP contribution in [0.25, 0.3) is 0 Å². The van der Waals surface area contributed by atoms with Gasteiger partial charge in [0.2, 0.25) is 0 Å². The summed E-state index contributed by atoms with van der Waals surface area (Å²) in [7, 11) is 3.08. The summed E-state index contributed by atoms with van der Waals surface area (Å²) in [4.78, 5) is 10.4. The summed E-state index contributed by atoms with van der Waals surface area (Å²) in [5.74, 6) is -0.410. The van der Waals surface area contributed by atoms with Gasteiger partial charge in [0.15, 0.2) is 0 Å². The molecule has 0 heterocycles. The van der Waals surface area contributed by atoms with Gasteiger partial charge in [0, 0.05) is 5.82 Å². The smallest absolute Gasteiger partial charge is 0.301 e. The molecule has 0 aliphatic carbocycles. The molecule has 0 bridgehead atoms. The van der Waals surface area contributed by atoms with Crippen molar-refractivity contribution < 1.29 is 9.53 Å². The van der Waals surface area contributed by atoms with E-state index in [9.17, 15) is 4.79 Å². The van der Waals surface area contributed by atoms with E-state index in [-0.39, 0.29) is 11.8 Å². The van der Waals surface area contributed by atoms with Gasteiger partial charge in [0.1, 0.15) is 7.85 Å². The Bertz CT molecular complexity index is 86.1. The number of hydrogen-bond donors (Lipinski definition) is 1. The first-order valence-corrected chi connectivity index (χ1v) is 2.50. The molecule has 0 fully saturated rings. The van der Waals surface area contributed by atoms with E-state index >= 15 is 0 Å². The largest absolute Gasteiger partial charge is 0.469 e. The van der Waals surface area contributed by atoms with Gasteiger partial charge >= 0.3 is 5.97 Å². The number of methoxy groups -OCH3 is 1. The number of nitrogens with two attached hydrogens (primary N) is 1. The molecule has 0 aromatic rings. The van der Waals surface area contributed by atoms with Gasteiger partial charge in [-0.1, -0.05) is 0 Å². The molecule has 0 radical (unpaired) electrons. The predicted octanol–water partition coefficient (Wildman–Crippen LogP) is -1.46. The Hall–Kier alpha value is -0.505. The molecule has 46 valence electrons. The highest BCUT2D eigenvalue weighted by Crippen LogP contribution is 1.95. The van der Waals surface area contributed by atoms with Gasteiger partial charge in [-0.15, -0.1) is 0 Å². The lowest BCUT2D eigenvalue weighted by molar-refractivity contribution is -0.140. The van der Waals surface area contributed by atoms with Crippen molar-refractivity contribution in [1.82, 2.24) is 0 Å². The molecule has 0 saturated carbocycles. The second-order valence-electron chi connectivity index (χ2n) is 1.66. The van der Waals surface area contributed by atoms with E-state index in [0.717, 1.165) is 0 Å². The highest BCUT2D eigenvalue weighted by molar-refractivity contribution is 6.22. The van der Waals surface area contributed by atoms with Crippen LogP contribution in [0, 0.1) is 0 Å². The average molecular weight is 115 g/mol. The topological polar surface area (TPSA) is 52.3 Å². The monoisotopic (exact) mass is 115 g/mol. The van der Waals surface area contributed by atoms with Crippen LogP contribution >= 0.6 is 0 Å². The van der Waals surface area contributed by atoms with Gasteiger partial charge in [-0.3, -0.25) is 4.79 Å². The molecule has 2 N–H and O–H groups in total. The number of rotatable bonds is 2. The summed E-state index contributed by atoms with van der Waals surface area (Å²) in [6.07, 6.45) is 0. The summed E-state index contributed by atoms with van der Waals surface area (Å²) in [6.45, 7) is 0.354. The lowest BCUT2D eigenvalue weighted by atomic mass is 9.88. The van der Waals surface area contributed by atoms with Crippen LogP contribution in [0.5, 0.6) is 0 Å². The van der Waals surface area contributed by atoms with Crippen LogP contribution in [0.4, 0.5) is 0 Å². The van der Waals surface area contributed by atoms with Crippen LogP contribution in [0.2, 0.25) is 5.82 Å². The number of esters is 1. The molecular weight excluding hydrogens is 105 g/mol. The predicted molar refractivity (Wildman–Crippen MR) is 33.4 cm³/mol. The van der Waals surface area contributed by atoms with Crippen LogP contribution in [0.3, 0.4) is 0 Å². The summed E-state index contributed by atoms with van der Waals surface area (Å²) in [6, 6.07) is 0. The van der Waals surface area contributed by atoms with Crippen molar-refractivity contribution in [3.05, 3.63) is 0 Å². The summed E-state index contributed by atoms with van der Waals surface area (Å²) < 4.78 is 4.38. The Kier molecular flexibility index (Phi) is 3.27. The first-order valence-electron chi connectivity index (χ1n) is 2.50. The van der Waals surface area contributed by atoms with E-state index in [2.05, 4.69) is 4.74 Å². The van der Waals surface area contributed by atoms with Crippen molar-refractivity contribution in [2.45, 2.75) is 5.82 Å². The zero-order valence-corrected chi connectivity index (χ0v) is 5.18. The van der Waals surface area contributed by atoms with E-state index in [1.165, 1.54) is 7.11 Å². The van der Waals surface area contributed by atoms with Gasteiger partial charge in [-0.25, -0.2) is 0 Å². The molecule has 3 nitrogen and oxygen atoms in total. The minimum atomic E-state index is -0.243. The third kappa shape index (κ3) is 1.98. The van der Waals surface area contributed by atoms with E-state index in [1.54, 1.807) is 7.85 Å². The van der Waals surface area contributed by atoms with Gasteiger partial charge in [-0.2, -0.15) is 0 Å². The molecule has 0 aromatic carbocycles. The normalized spacial score (nSPS) is 12.8. The Balaban J connectivity index is 3.46. The van der Waals surface area contributed by atoms with Crippen molar-refractivity contribution >= 4 is 13.8 Å².